The predicted molar refractivity (Wildman–Crippen MR) is 88.7 cm³/mol. The van der Waals surface area contributed by atoms with Gasteiger partial charge in [-0.25, -0.2) is 0 Å². The molecule has 2 amide bonds. The Balaban J connectivity index is 2.09. The molecule has 1 saturated heterocycles. The molecule has 0 aliphatic carbocycles. The second-order valence-corrected chi connectivity index (χ2v) is 12.1. The van der Waals surface area contributed by atoms with Crippen LogP contribution in [0.4, 0.5) is 0 Å². The zero-order valence-electron chi connectivity index (χ0n) is 14.1. The molecule has 1 aliphatic rings. The van der Waals surface area contributed by atoms with Crippen molar-refractivity contribution in [1.29, 1.82) is 0 Å². The maximum Gasteiger partial charge on any atom is 0.257 e. The molecule has 0 aromatic heterocycles. The highest BCUT2D eigenvalue weighted by atomic mass is 28.4. The van der Waals surface area contributed by atoms with Gasteiger partial charge in [-0.3, -0.25) is 14.5 Å². The summed E-state index contributed by atoms with van der Waals surface area (Å²) in [5.41, 5.74) is 0.956. The van der Waals surface area contributed by atoms with Gasteiger partial charge >= 0.3 is 0 Å². The van der Waals surface area contributed by atoms with Gasteiger partial charge in [0.15, 0.2) is 8.32 Å². The molecule has 22 heavy (non-hydrogen) atoms. The topological polar surface area (TPSA) is 46.6 Å². The third kappa shape index (κ3) is 3.47. The molecule has 2 rings (SSSR count). The maximum atomic E-state index is 12.5. The SMILES string of the molecule is CC(C)(C)[Si](C)(C)O[C@H]1CC(=O)N(Cc2ccccc2)C1=O. The smallest absolute Gasteiger partial charge is 0.257 e. The van der Waals surface area contributed by atoms with Crippen molar-refractivity contribution in [3.8, 4) is 0 Å². The van der Waals surface area contributed by atoms with Crippen molar-refractivity contribution in [3.05, 3.63) is 35.9 Å². The number of hydrogen-bond donors (Lipinski definition) is 0. The van der Waals surface area contributed by atoms with Gasteiger partial charge in [-0.15, -0.1) is 0 Å². The molecule has 0 N–H and O–H groups in total. The van der Waals surface area contributed by atoms with E-state index in [-0.39, 0.29) is 23.3 Å². The summed E-state index contributed by atoms with van der Waals surface area (Å²) in [7, 11) is -2.06. The third-order valence-corrected chi connectivity index (χ3v) is 9.12. The van der Waals surface area contributed by atoms with Gasteiger partial charge in [0.25, 0.3) is 5.91 Å². The summed E-state index contributed by atoms with van der Waals surface area (Å²) in [6.45, 7) is 10.9. The van der Waals surface area contributed by atoms with Crippen LogP contribution in [0.1, 0.15) is 32.8 Å². The first-order chi connectivity index (χ1) is 10.1. The lowest BCUT2D eigenvalue weighted by Gasteiger charge is -2.37. The molecular weight excluding hydrogens is 294 g/mol. The van der Waals surface area contributed by atoms with E-state index in [1.807, 2.05) is 30.3 Å². The Morgan fingerprint density at radius 2 is 1.77 bits per heavy atom. The average Bonchev–Trinajstić information content (AvgIpc) is 2.66. The summed E-state index contributed by atoms with van der Waals surface area (Å²) in [5, 5.41) is 0.0170. The zero-order valence-corrected chi connectivity index (χ0v) is 15.1. The van der Waals surface area contributed by atoms with Crippen molar-refractivity contribution in [2.24, 2.45) is 0 Å². The molecule has 0 unspecified atom stereocenters. The lowest BCUT2D eigenvalue weighted by Crippen LogP contribution is -2.46. The van der Waals surface area contributed by atoms with Crippen LogP contribution in [0.25, 0.3) is 0 Å². The van der Waals surface area contributed by atoms with Crippen molar-refractivity contribution in [2.45, 2.75) is 58.0 Å². The van der Waals surface area contributed by atoms with Crippen molar-refractivity contribution in [2.75, 3.05) is 0 Å². The summed E-state index contributed by atoms with van der Waals surface area (Å²) < 4.78 is 6.14. The van der Waals surface area contributed by atoms with Crippen LogP contribution in [-0.4, -0.2) is 31.1 Å². The number of benzene rings is 1. The fourth-order valence-electron chi connectivity index (χ4n) is 2.21. The van der Waals surface area contributed by atoms with E-state index < -0.39 is 14.4 Å². The number of carbonyl (C=O) groups excluding carboxylic acids is 2. The molecule has 120 valence electrons. The summed E-state index contributed by atoms with van der Waals surface area (Å²) in [5.74, 6) is -0.337. The van der Waals surface area contributed by atoms with Crippen LogP contribution in [0, 0.1) is 0 Å². The van der Waals surface area contributed by atoms with E-state index in [4.69, 9.17) is 4.43 Å². The van der Waals surface area contributed by atoms with Gasteiger partial charge in [0.05, 0.1) is 13.0 Å². The number of carbonyl (C=O) groups is 2. The van der Waals surface area contributed by atoms with Gasteiger partial charge in [0.2, 0.25) is 5.91 Å². The van der Waals surface area contributed by atoms with Crippen molar-refractivity contribution >= 4 is 20.1 Å². The molecular formula is C17H25NO3Si. The average molecular weight is 319 g/mol. The third-order valence-electron chi connectivity index (χ3n) is 4.63. The van der Waals surface area contributed by atoms with Gasteiger partial charge < -0.3 is 4.43 Å². The van der Waals surface area contributed by atoms with Crippen molar-refractivity contribution in [1.82, 2.24) is 4.90 Å². The summed E-state index contributed by atoms with van der Waals surface area (Å²) in [6.07, 6.45) is -0.449. The molecule has 1 aromatic rings. The first kappa shape index (κ1) is 16.9. The molecule has 4 nitrogen and oxygen atoms in total. The molecule has 1 heterocycles. The van der Waals surface area contributed by atoms with Gasteiger partial charge in [0, 0.05) is 0 Å². The van der Waals surface area contributed by atoms with Crippen LogP contribution in [0.3, 0.4) is 0 Å². The molecule has 0 spiro atoms. The summed E-state index contributed by atoms with van der Waals surface area (Å²) in [4.78, 5) is 26.0. The minimum Gasteiger partial charge on any atom is -0.404 e. The normalized spacial score (nSPS) is 19.9. The number of amides is 2. The largest absolute Gasteiger partial charge is 0.404 e. The fraction of sp³-hybridized carbons (Fsp3) is 0.529. The van der Waals surface area contributed by atoms with Gasteiger partial charge in [0.1, 0.15) is 6.10 Å². The van der Waals surface area contributed by atoms with Gasteiger partial charge in [-0.1, -0.05) is 51.1 Å². The van der Waals surface area contributed by atoms with Crippen LogP contribution in [0.2, 0.25) is 18.1 Å². The molecule has 5 heteroatoms. The standard InChI is InChI=1S/C17H25NO3Si/c1-17(2,3)22(4,5)21-14-11-15(19)18(16(14)20)12-13-9-7-6-8-10-13/h6-10,14H,11-12H2,1-5H3/t14-/m0/s1. The monoisotopic (exact) mass is 319 g/mol. The van der Waals surface area contributed by atoms with Gasteiger partial charge in [-0.05, 0) is 23.7 Å². The minimum absolute atomic E-state index is 0.0170. The molecule has 1 fully saturated rings. The predicted octanol–water partition coefficient (Wildman–Crippen LogP) is 3.34. The van der Waals surface area contributed by atoms with Crippen LogP contribution in [-0.2, 0) is 20.6 Å². The second kappa shape index (κ2) is 5.97. The Bertz CT molecular complexity index is 563. The molecule has 0 bridgehead atoms. The molecule has 1 atom stereocenters. The molecule has 1 aromatic carbocycles. The van der Waals surface area contributed by atoms with E-state index in [9.17, 15) is 9.59 Å². The van der Waals surface area contributed by atoms with Crippen LogP contribution in [0.5, 0.6) is 0 Å². The second-order valence-electron chi connectivity index (χ2n) is 7.37. The highest BCUT2D eigenvalue weighted by molar-refractivity contribution is 6.74. The lowest BCUT2D eigenvalue weighted by molar-refractivity contribution is -0.141. The fourth-order valence-corrected chi connectivity index (χ4v) is 3.46. The number of nitrogens with zero attached hydrogens (tertiary/aromatic N) is 1. The Morgan fingerprint density at radius 1 is 1.18 bits per heavy atom. The Morgan fingerprint density at radius 3 is 2.32 bits per heavy atom. The Kier molecular flexibility index (Phi) is 4.59. The minimum atomic E-state index is -2.06. The van der Waals surface area contributed by atoms with E-state index in [1.165, 1.54) is 4.90 Å². The first-order valence-corrected chi connectivity index (χ1v) is 10.6. The van der Waals surface area contributed by atoms with Crippen LogP contribution in [0.15, 0.2) is 30.3 Å². The number of likely N-dealkylation sites (tertiary alicyclic amines) is 1. The van der Waals surface area contributed by atoms with Crippen LogP contribution < -0.4 is 0 Å². The summed E-state index contributed by atoms with van der Waals surface area (Å²) >= 11 is 0. The number of hydrogen-bond acceptors (Lipinski definition) is 3. The summed E-state index contributed by atoms with van der Waals surface area (Å²) in [6, 6.07) is 9.57. The van der Waals surface area contributed by atoms with E-state index in [0.717, 1.165) is 5.56 Å². The van der Waals surface area contributed by atoms with E-state index in [0.29, 0.717) is 6.54 Å². The molecule has 1 aliphatic heterocycles. The molecule has 0 radical (unpaired) electrons. The lowest BCUT2D eigenvalue weighted by atomic mass is 10.2. The highest BCUT2D eigenvalue weighted by Gasteiger charge is 2.46. The van der Waals surface area contributed by atoms with Gasteiger partial charge in [-0.2, -0.15) is 0 Å². The maximum absolute atomic E-state index is 12.5. The zero-order chi connectivity index (χ0) is 16.5. The number of imide groups is 1. The quantitative estimate of drug-likeness (QED) is 0.631. The first-order valence-electron chi connectivity index (χ1n) is 7.68. The Hall–Kier alpha value is -1.46. The van der Waals surface area contributed by atoms with Crippen molar-refractivity contribution in [3.63, 3.8) is 0 Å². The van der Waals surface area contributed by atoms with Crippen LogP contribution >= 0.6 is 0 Å². The Labute approximate surface area is 133 Å². The highest BCUT2D eigenvalue weighted by Crippen LogP contribution is 2.38. The molecule has 0 saturated carbocycles. The van der Waals surface area contributed by atoms with Crippen molar-refractivity contribution < 1.29 is 14.0 Å². The van der Waals surface area contributed by atoms with E-state index >= 15 is 0 Å². The van der Waals surface area contributed by atoms with E-state index in [1.54, 1.807) is 0 Å². The van der Waals surface area contributed by atoms with E-state index in [2.05, 4.69) is 33.9 Å². The number of rotatable bonds is 4.